The number of sulfone groups is 2. The Morgan fingerprint density at radius 3 is 1.91 bits per heavy atom. The Balaban J connectivity index is 1.68. The molecule has 3 heterocycles. The molecular weight excluding hydrogens is 336 g/mol. The minimum absolute atomic E-state index is 0.103. The number of nitrogens with zero attached hydrogens (tertiary/aromatic N) is 1. The summed E-state index contributed by atoms with van der Waals surface area (Å²) in [6.45, 7) is 0.593. The monoisotopic (exact) mass is 356 g/mol. The number of piperazine rings is 1. The van der Waals surface area contributed by atoms with E-state index in [9.17, 15) is 16.8 Å². The summed E-state index contributed by atoms with van der Waals surface area (Å²) in [5, 5.41) is 3.30. The molecule has 0 aromatic heterocycles. The van der Waals surface area contributed by atoms with Crippen LogP contribution in [0.5, 0.6) is 0 Å². The van der Waals surface area contributed by atoms with E-state index < -0.39 is 19.7 Å². The van der Waals surface area contributed by atoms with Gasteiger partial charge in [0.2, 0.25) is 0 Å². The van der Waals surface area contributed by atoms with Crippen molar-refractivity contribution in [3.8, 4) is 0 Å². The fourth-order valence-electron chi connectivity index (χ4n) is 4.18. The summed E-state index contributed by atoms with van der Waals surface area (Å²) in [4.78, 5) is 2.12. The lowest BCUT2D eigenvalue weighted by Crippen LogP contribution is -2.66. The van der Waals surface area contributed by atoms with E-state index in [-0.39, 0.29) is 47.2 Å². The van der Waals surface area contributed by atoms with Crippen LogP contribution >= 0.6 is 0 Å². The zero-order valence-corrected chi connectivity index (χ0v) is 14.3. The molecule has 0 saturated carbocycles. The molecule has 0 bridgehead atoms. The Hall–Kier alpha value is -0.960. The first kappa shape index (κ1) is 15.6. The number of benzene rings is 1. The van der Waals surface area contributed by atoms with Gasteiger partial charge in [-0.1, -0.05) is 30.3 Å². The molecule has 0 amide bonds. The van der Waals surface area contributed by atoms with Crippen LogP contribution in [0.4, 0.5) is 0 Å². The molecule has 8 heteroatoms. The van der Waals surface area contributed by atoms with E-state index in [4.69, 9.17) is 0 Å². The molecule has 0 spiro atoms. The Bertz CT molecular complexity index is 759. The van der Waals surface area contributed by atoms with Crippen LogP contribution in [-0.4, -0.2) is 68.9 Å². The van der Waals surface area contributed by atoms with E-state index in [1.54, 1.807) is 0 Å². The van der Waals surface area contributed by atoms with Gasteiger partial charge in [0, 0.05) is 30.7 Å². The number of nitrogens with one attached hydrogen (secondary N) is 1. The van der Waals surface area contributed by atoms with Crippen molar-refractivity contribution >= 4 is 19.7 Å². The summed E-state index contributed by atoms with van der Waals surface area (Å²) in [6, 6.07) is 9.21. The average molecular weight is 356 g/mol. The SMILES string of the molecule is O=S1(=O)C[C@@H]2[C@@H](C1)N[C@H]1CS(=O)(=O)C[C@@H]1N2Cc1ccccc1. The Kier molecular flexibility index (Phi) is 3.57. The van der Waals surface area contributed by atoms with Gasteiger partial charge in [-0.05, 0) is 5.56 Å². The summed E-state index contributed by atoms with van der Waals surface area (Å²) in [7, 11) is -6.13. The quantitative estimate of drug-likeness (QED) is 0.764. The molecule has 1 aromatic carbocycles. The normalized spacial score (nSPS) is 38.1. The summed E-state index contributed by atoms with van der Waals surface area (Å²) >= 11 is 0. The molecule has 23 heavy (non-hydrogen) atoms. The third-order valence-corrected chi connectivity index (χ3v) is 8.57. The molecule has 0 aliphatic carbocycles. The van der Waals surface area contributed by atoms with Crippen molar-refractivity contribution < 1.29 is 16.8 Å². The molecule has 3 aliphatic heterocycles. The van der Waals surface area contributed by atoms with Crippen LogP contribution in [-0.2, 0) is 26.2 Å². The lowest BCUT2D eigenvalue weighted by Gasteiger charge is -2.45. The largest absolute Gasteiger partial charge is 0.306 e. The fraction of sp³-hybridized carbons (Fsp3) is 0.600. The summed E-state index contributed by atoms with van der Waals surface area (Å²) in [5.41, 5.74) is 1.08. The van der Waals surface area contributed by atoms with Gasteiger partial charge >= 0.3 is 0 Å². The second-order valence-electron chi connectivity index (χ2n) is 6.83. The fourth-order valence-corrected chi connectivity index (χ4v) is 8.07. The molecule has 3 fully saturated rings. The van der Waals surface area contributed by atoms with E-state index >= 15 is 0 Å². The third kappa shape index (κ3) is 2.93. The highest BCUT2D eigenvalue weighted by Gasteiger charge is 2.53. The number of hydrogen-bond acceptors (Lipinski definition) is 6. The van der Waals surface area contributed by atoms with Gasteiger partial charge in [-0.2, -0.15) is 0 Å². The van der Waals surface area contributed by atoms with Gasteiger partial charge in [-0.25, -0.2) is 16.8 Å². The molecule has 3 saturated heterocycles. The van der Waals surface area contributed by atoms with E-state index in [1.807, 2.05) is 30.3 Å². The van der Waals surface area contributed by atoms with Gasteiger partial charge in [0.25, 0.3) is 0 Å². The number of rotatable bonds is 2. The molecule has 3 aliphatic rings. The van der Waals surface area contributed by atoms with Gasteiger partial charge in [0.15, 0.2) is 19.7 Å². The van der Waals surface area contributed by atoms with Crippen molar-refractivity contribution in [3.63, 3.8) is 0 Å². The summed E-state index contributed by atoms with van der Waals surface area (Å²) in [5.74, 6) is 0.431. The van der Waals surface area contributed by atoms with Crippen molar-refractivity contribution in [1.82, 2.24) is 10.2 Å². The Morgan fingerprint density at radius 1 is 0.870 bits per heavy atom. The Labute approximate surface area is 136 Å². The van der Waals surface area contributed by atoms with Gasteiger partial charge in [-0.15, -0.1) is 0 Å². The van der Waals surface area contributed by atoms with Crippen molar-refractivity contribution in [2.24, 2.45) is 0 Å². The van der Waals surface area contributed by atoms with E-state index in [1.165, 1.54) is 0 Å². The van der Waals surface area contributed by atoms with Crippen LogP contribution in [0.15, 0.2) is 30.3 Å². The van der Waals surface area contributed by atoms with E-state index in [0.717, 1.165) is 5.56 Å². The predicted octanol–water partition coefficient (Wildman–Crippen LogP) is -0.577. The van der Waals surface area contributed by atoms with Crippen molar-refractivity contribution in [3.05, 3.63) is 35.9 Å². The maximum atomic E-state index is 12.1. The van der Waals surface area contributed by atoms with Crippen LogP contribution in [0, 0.1) is 0 Å². The molecule has 1 N–H and O–H groups in total. The summed E-state index contributed by atoms with van der Waals surface area (Å²) in [6.07, 6.45) is 0. The standard InChI is InChI=1S/C15H20N2O4S2/c18-22(19)7-12-14(9-22)17(6-11-4-2-1-3-5-11)15-10-23(20,21)8-13(15)16-12/h1-5,12-16H,6-10H2/t12-,13+,14-,15+. The van der Waals surface area contributed by atoms with Crippen LogP contribution in [0.3, 0.4) is 0 Å². The minimum atomic E-state index is -3.07. The zero-order valence-electron chi connectivity index (χ0n) is 12.6. The molecule has 1 aromatic rings. The van der Waals surface area contributed by atoms with Crippen LogP contribution in [0.1, 0.15) is 5.56 Å². The average Bonchev–Trinajstić information content (AvgIpc) is 2.93. The maximum Gasteiger partial charge on any atom is 0.153 e. The van der Waals surface area contributed by atoms with Gasteiger partial charge < -0.3 is 5.32 Å². The highest BCUT2D eigenvalue weighted by Crippen LogP contribution is 2.32. The first-order valence-corrected chi connectivity index (χ1v) is 11.4. The topological polar surface area (TPSA) is 83.5 Å². The summed E-state index contributed by atoms with van der Waals surface area (Å²) < 4.78 is 48.2. The molecule has 126 valence electrons. The predicted molar refractivity (Wildman–Crippen MR) is 87.6 cm³/mol. The minimum Gasteiger partial charge on any atom is -0.306 e. The molecule has 4 rings (SSSR count). The van der Waals surface area contributed by atoms with E-state index in [2.05, 4.69) is 10.2 Å². The second-order valence-corrected chi connectivity index (χ2v) is 11.1. The first-order valence-electron chi connectivity index (χ1n) is 7.80. The van der Waals surface area contributed by atoms with Crippen molar-refractivity contribution in [2.75, 3.05) is 23.0 Å². The highest BCUT2D eigenvalue weighted by molar-refractivity contribution is 7.92. The molecule has 6 nitrogen and oxygen atoms in total. The zero-order chi connectivity index (χ0) is 16.2. The molecule has 0 radical (unpaired) electrons. The van der Waals surface area contributed by atoms with Gasteiger partial charge in [0.05, 0.1) is 23.0 Å². The van der Waals surface area contributed by atoms with Crippen molar-refractivity contribution in [1.29, 1.82) is 0 Å². The number of fused-ring (bicyclic) bond motifs is 2. The highest BCUT2D eigenvalue weighted by atomic mass is 32.2. The molecular formula is C15H20N2O4S2. The van der Waals surface area contributed by atoms with Gasteiger partial charge in [0.1, 0.15) is 0 Å². The van der Waals surface area contributed by atoms with Crippen LogP contribution in [0.2, 0.25) is 0 Å². The molecule has 4 atom stereocenters. The lowest BCUT2D eigenvalue weighted by atomic mass is 9.96. The maximum absolute atomic E-state index is 12.1. The van der Waals surface area contributed by atoms with Crippen LogP contribution in [0.25, 0.3) is 0 Å². The lowest BCUT2D eigenvalue weighted by molar-refractivity contribution is 0.0678. The van der Waals surface area contributed by atoms with Crippen molar-refractivity contribution in [2.45, 2.75) is 30.7 Å². The Morgan fingerprint density at radius 2 is 1.39 bits per heavy atom. The first-order chi connectivity index (χ1) is 10.8. The van der Waals surface area contributed by atoms with Crippen LogP contribution < -0.4 is 5.32 Å². The van der Waals surface area contributed by atoms with Gasteiger partial charge in [-0.3, -0.25) is 4.90 Å². The second kappa shape index (κ2) is 5.27. The smallest absolute Gasteiger partial charge is 0.153 e. The molecule has 0 unspecified atom stereocenters. The van der Waals surface area contributed by atoms with E-state index in [0.29, 0.717) is 6.54 Å². The number of hydrogen-bond donors (Lipinski definition) is 1. The third-order valence-electron chi connectivity index (χ3n) is 5.13.